The summed E-state index contributed by atoms with van der Waals surface area (Å²) < 4.78 is 1.98. The molecule has 0 bridgehead atoms. The van der Waals surface area contributed by atoms with Crippen LogP contribution >= 0.6 is 0 Å². The van der Waals surface area contributed by atoms with E-state index >= 15 is 0 Å². The molecule has 0 aliphatic carbocycles. The van der Waals surface area contributed by atoms with Crippen LogP contribution in [0.3, 0.4) is 0 Å². The lowest BCUT2D eigenvalue weighted by molar-refractivity contribution is -0.142. The summed E-state index contributed by atoms with van der Waals surface area (Å²) in [5.74, 6) is -0.808. The first kappa shape index (κ1) is 14.7. The molecule has 1 atom stereocenters. The molecule has 1 unspecified atom stereocenters. The lowest BCUT2D eigenvalue weighted by atomic mass is 10.2. The van der Waals surface area contributed by atoms with Crippen molar-refractivity contribution in [1.29, 1.82) is 0 Å². The Kier molecular flexibility index (Phi) is 5.34. The molecule has 0 saturated carbocycles. The second kappa shape index (κ2) is 6.54. The Bertz CT molecular complexity index is 385. The quantitative estimate of drug-likeness (QED) is 0.809. The molecule has 1 N–H and O–H groups in total. The van der Waals surface area contributed by atoms with Crippen LogP contribution in [0.5, 0.6) is 0 Å². The Balaban J connectivity index is 2.66. The van der Waals surface area contributed by atoms with E-state index in [1.807, 2.05) is 16.9 Å². The molecular formula is C13H23N3O2. The number of aromatic nitrogens is 2. The maximum Gasteiger partial charge on any atom is 0.320 e. The molecule has 1 rings (SSSR count). The van der Waals surface area contributed by atoms with Gasteiger partial charge in [-0.25, -0.2) is 0 Å². The Labute approximate surface area is 108 Å². The predicted octanol–water partition coefficient (Wildman–Crippen LogP) is 2.15. The number of aliphatic carboxylic acids is 1. The van der Waals surface area contributed by atoms with E-state index in [-0.39, 0.29) is 0 Å². The molecule has 0 aliphatic heterocycles. The average Bonchev–Trinajstić information content (AvgIpc) is 2.78. The van der Waals surface area contributed by atoms with Crippen molar-refractivity contribution in [3.8, 4) is 0 Å². The lowest BCUT2D eigenvalue weighted by Gasteiger charge is -2.19. The van der Waals surface area contributed by atoms with Crippen molar-refractivity contribution in [3.63, 3.8) is 0 Å². The van der Waals surface area contributed by atoms with Crippen LogP contribution in [0, 0.1) is 0 Å². The largest absolute Gasteiger partial charge is 0.480 e. The Morgan fingerprint density at radius 1 is 1.50 bits per heavy atom. The lowest BCUT2D eigenvalue weighted by Crippen LogP contribution is -2.35. The van der Waals surface area contributed by atoms with Crippen LogP contribution in [-0.2, 0) is 11.3 Å². The zero-order chi connectivity index (χ0) is 13.7. The normalized spacial score (nSPS) is 13.2. The molecule has 18 heavy (non-hydrogen) atoms. The van der Waals surface area contributed by atoms with Gasteiger partial charge in [0.1, 0.15) is 6.04 Å². The molecule has 5 nitrogen and oxygen atoms in total. The molecule has 0 saturated heterocycles. The van der Waals surface area contributed by atoms with Gasteiger partial charge in [-0.1, -0.05) is 13.8 Å². The molecule has 0 radical (unpaired) electrons. The summed E-state index contributed by atoms with van der Waals surface area (Å²) in [5, 5.41) is 13.4. The van der Waals surface area contributed by atoms with E-state index in [4.69, 9.17) is 5.11 Å². The van der Waals surface area contributed by atoms with Crippen molar-refractivity contribution in [1.82, 2.24) is 14.7 Å². The summed E-state index contributed by atoms with van der Waals surface area (Å²) in [4.78, 5) is 12.6. The Hall–Kier alpha value is -1.36. The zero-order valence-corrected chi connectivity index (χ0v) is 11.6. The van der Waals surface area contributed by atoms with E-state index in [0.717, 1.165) is 18.5 Å². The fraction of sp³-hybridized carbons (Fsp3) is 0.692. The maximum absolute atomic E-state index is 10.9. The zero-order valence-electron chi connectivity index (χ0n) is 11.6. The molecule has 0 aliphatic rings. The number of carboxylic acid groups (broad SMARTS) is 1. The molecule has 0 spiro atoms. The van der Waals surface area contributed by atoms with Crippen LogP contribution in [0.1, 0.15) is 45.3 Å². The van der Waals surface area contributed by atoms with Crippen molar-refractivity contribution in [2.24, 2.45) is 0 Å². The van der Waals surface area contributed by atoms with Crippen LogP contribution < -0.4 is 0 Å². The highest BCUT2D eigenvalue weighted by molar-refractivity contribution is 5.72. The smallest absolute Gasteiger partial charge is 0.320 e. The molecule has 1 heterocycles. The SMILES string of the molecule is CCC(CC)n1ccc(CN(C)C(C)C(=O)O)n1. The number of hydrogen-bond acceptors (Lipinski definition) is 3. The predicted molar refractivity (Wildman–Crippen MR) is 70.4 cm³/mol. The average molecular weight is 253 g/mol. The standard InChI is InChI=1S/C13H23N3O2/c1-5-12(6-2)16-8-7-11(14-16)9-15(4)10(3)13(17)18/h7-8,10,12H,5-6,9H2,1-4H3,(H,17,18). The fourth-order valence-corrected chi connectivity index (χ4v) is 1.91. The second-order valence-corrected chi connectivity index (χ2v) is 4.69. The Morgan fingerprint density at radius 3 is 2.61 bits per heavy atom. The van der Waals surface area contributed by atoms with E-state index < -0.39 is 12.0 Å². The van der Waals surface area contributed by atoms with E-state index in [0.29, 0.717) is 12.6 Å². The van der Waals surface area contributed by atoms with Crippen LogP contribution in [0.4, 0.5) is 0 Å². The number of carbonyl (C=O) groups is 1. The van der Waals surface area contributed by atoms with Gasteiger partial charge in [0.05, 0.1) is 11.7 Å². The van der Waals surface area contributed by atoms with Gasteiger partial charge in [0.25, 0.3) is 0 Å². The van der Waals surface area contributed by atoms with Crippen molar-refractivity contribution in [3.05, 3.63) is 18.0 Å². The maximum atomic E-state index is 10.9. The highest BCUT2D eigenvalue weighted by Gasteiger charge is 2.18. The minimum absolute atomic E-state index is 0.431. The highest BCUT2D eigenvalue weighted by atomic mass is 16.4. The van der Waals surface area contributed by atoms with Crippen molar-refractivity contribution in [2.45, 2.75) is 52.2 Å². The van der Waals surface area contributed by atoms with E-state index in [9.17, 15) is 4.79 Å². The first-order chi connectivity index (χ1) is 8.49. The molecule has 102 valence electrons. The summed E-state index contributed by atoms with van der Waals surface area (Å²) >= 11 is 0. The van der Waals surface area contributed by atoms with Gasteiger partial charge >= 0.3 is 5.97 Å². The summed E-state index contributed by atoms with van der Waals surface area (Å²) in [6.07, 6.45) is 4.09. The monoisotopic (exact) mass is 253 g/mol. The summed E-state index contributed by atoms with van der Waals surface area (Å²) in [5.41, 5.74) is 0.914. The molecule has 0 amide bonds. The van der Waals surface area contributed by atoms with Gasteiger partial charge in [0.15, 0.2) is 0 Å². The summed E-state index contributed by atoms with van der Waals surface area (Å²) in [6, 6.07) is 1.90. The molecule has 0 fully saturated rings. The number of likely N-dealkylation sites (N-methyl/N-ethyl adjacent to an activating group) is 1. The van der Waals surface area contributed by atoms with Gasteiger partial charge in [0, 0.05) is 12.7 Å². The first-order valence-corrected chi connectivity index (χ1v) is 6.46. The molecule has 0 aromatic carbocycles. The van der Waals surface area contributed by atoms with E-state index in [2.05, 4.69) is 18.9 Å². The van der Waals surface area contributed by atoms with Crippen molar-refractivity contribution < 1.29 is 9.90 Å². The third-order valence-electron chi connectivity index (χ3n) is 3.41. The van der Waals surface area contributed by atoms with Crippen molar-refractivity contribution in [2.75, 3.05) is 7.05 Å². The van der Waals surface area contributed by atoms with Crippen LogP contribution in [0.2, 0.25) is 0 Å². The third kappa shape index (κ3) is 3.57. The number of carboxylic acids is 1. The van der Waals surface area contributed by atoms with Crippen LogP contribution in [-0.4, -0.2) is 38.8 Å². The fourth-order valence-electron chi connectivity index (χ4n) is 1.91. The summed E-state index contributed by atoms with van der Waals surface area (Å²) in [7, 11) is 1.80. The number of nitrogens with zero attached hydrogens (tertiary/aromatic N) is 3. The van der Waals surface area contributed by atoms with Gasteiger partial charge in [-0.3, -0.25) is 14.4 Å². The van der Waals surface area contributed by atoms with Gasteiger partial charge < -0.3 is 5.11 Å². The number of hydrogen-bond donors (Lipinski definition) is 1. The molecule has 1 aromatic heterocycles. The van der Waals surface area contributed by atoms with Crippen molar-refractivity contribution >= 4 is 5.97 Å². The Morgan fingerprint density at radius 2 is 2.11 bits per heavy atom. The highest BCUT2D eigenvalue weighted by Crippen LogP contribution is 2.15. The second-order valence-electron chi connectivity index (χ2n) is 4.69. The minimum atomic E-state index is -0.808. The van der Waals surface area contributed by atoms with Crippen LogP contribution in [0.15, 0.2) is 12.3 Å². The number of rotatable bonds is 7. The third-order valence-corrected chi connectivity index (χ3v) is 3.41. The first-order valence-electron chi connectivity index (χ1n) is 6.46. The van der Waals surface area contributed by atoms with Gasteiger partial charge in [0.2, 0.25) is 0 Å². The van der Waals surface area contributed by atoms with Gasteiger partial charge in [-0.05, 0) is 32.9 Å². The van der Waals surface area contributed by atoms with E-state index in [1.165, 1.54) is 0 Å². The molecular weight excluding hydrogens is 230 g/mol. The van der Waals surface area contributed by atoms with Gasteiger partial charge in [-0.2, -0.15) is 5.10 Å². The summed E-state index contributed by atoms with van der Waals surface area (Å²) in [6.45, 7) is 6.53. The van der Waals surface area contributed by atoms with Gasteiger partial charge in [-0.15, -0.1) is 0 Å². The molecule has 5 heteroatoms. The minimum Gasteiger partial charge on any atom is -0.480 e. The van der Waals surface area contributed by atoms with Crippen LogP contribution in [0.25, 0.3) is 0 Å². The molecule has 1 aromatic rings. The van der Waals surface area contributed by atoms with E-state index in [1.54, 1.807) is 18.9 Å². The topological polar surface area (TPSA) is 58.4 Å².